The van der Waals surface area contributed by atoms with E-state index in [0.717, 1.165) is 0 Å². The van der Waals surface area contributed by atoms with E-state index in [-0.39, 0.29) is 17.2 Å². The fourth-order valence-electron chi connectivity index (χ4n) is 2.59. The van der Waals surface area contributed by atoms with Crippen LogP contribution < -0.4 is 16.6 Å². The third-order valence-corrected chi connectivity index (χ3v) is 4.90. The predicted octanol–water partition coefficient (Wildman–Crippen LogP) is 2.41. The molecule has 0 aliphatic rings. The molecule has 0 bridgehead atoms. The second kappa shape index (κ2) is 8.53. The Morgan fingerprint density at radius 3 is 2.57 bits per heavy atom. The Balaban J connectivity index is 1.76. The van der Waals surface area contributed by atoms with Crippen molar-refractivity contribution in [3.8, 4) is 0 Å². The molecule has 1 heterocycles. The van der Waals surface area contributed by atoms with Crippen molar-refractivity contribution >= 4 is 40.2 Å². The first kappa shape index (κ1) is 19.4. The van der Waals surface area contributed by atoms with Crippen molar-refractivity contribution in [2.75, 3.05) is 11.1 Å². The number of amides is 2. The molecule has 0 saturated carbocycles. The van der Waals surface area contributed by atoms with Crippen LogP contribution in [0.25, 0.3) is 10.9 Å². The van der Waals surface area contributed by atoms with Gasteiger partial charge in [-0.15, -0.1) is 6.58 Å². The maximum absolute atomic E-state index is 12.7. The molecular formula is C20H18N4O3S. The number of aromatic nitrogens is 2. The van der Waals surface area contributed by atoms with Crippen LogP contribution in [0.5, 0.6) is 0 Å². The van der Waals surface area contributed by atoms with Crippen LogP contribution in [-0.2, 0) is 11.3 Å². The van der Waals surface area contributed by atoms with Crippen molar-refractivity contribution in [2.24, 2.45) is 5.73 Å². The van der Waals surface area contributed by atoms with Gasteiger partial charge in [0.05, 0.1) is 16.7 Å². The zero-order valence-corrected chi connectivity index (χ0v) is 15.7. The van der Waals surface area contributed by atoms with E-state index in [1.54, 1.807) is 36.4 Å². The fraction of sp³-hybridized carbons (Fsp3) is 0.100. The van der Waals surface area contributed by atoms with E-state index in [1.807, 2.05) is 6.07 Å². The Morgan fingerprint density at radius 1 is 1.18 bits per heavy atom. The van der Waals surface area contributed by atoms with Crippen molar-refractivity contribution in [3.63, 3.8) is 0 Å². The monoisotopic (exact) mass is 394 g/mol. The molecule has 0 radical (unpaired) electrons. The predicted molar refractivity (Wildman–Crippen MR) is 111 cm³/mol. The number of anilines is 1. The molecular weight excluding hydrogens is 376 g/mol. The lowest BCUT2D eigenvalue weighted by atomic mass is 10.2. The summed E-state index contributed by atoms with van der Waals surface area (Å²) in [5, 5.41) is 3.70. The average Bonchev–Trinajstić information content (AvgIpc) is 2.69. The van der Waals surface area contributed by atoms with Gasteiger partial charge in [0.1, 0.15) is 0 Å². The normalized spacial score (nSPS) is 10.6. The SMILES string of the molecule is C=CCn1c(SCC(=O)Nc2ccc(C(N)=O)cc2)nc2ccccc2c1=O. The minimum Gasteiger partial charge on any atom is -0.366 e. The number of hydrogen-bond acceptors (Lipinski definition) is 5. The summed E-state index contributed by atoms with van der Waals surface area (Å²) in [6.45, 7) is 3.98. The van der Waals surface area contributed by atoms with Gasteiger partial charge in [0.15, 0.2) is 5.16 Å². The number of allylic oxidation sites excluding steroid dienone is 1. The maximum atomic E-state index is 12.7. The smallest absolute Gasteiger partial charge is 0.262 e. The van der Waals surface area contributed by atoms with E-state index in [4.69, 9.17) is 5.73 Å². The first-order chi connectivity index (χ1) is 13.5. The third-order valence-electron chi connectivity index (χ3n) is 3.92. The highest BCUT2D eigenvalue weighted by Gasteiger charge is 2.12. The summed E-state index contributed by atoms with van der Waals surface area (Å²) in [5.41, 5.74) is 6.52. The molecule has 3 rings (SSSR count). The van der Waals surface area contributed by atoms with E-state index < -0.39 is 5.91 Å². The fourth-order valence-corrected chi connectivity index (χ4v) is 3.40. The lowest BCUT2D eigenvalue weighted by Gasteiger charge is -2.11. The Kier molecular flexibility index (Phi) is 5.90. The van der Waals surface area contributed by atoms with E-state index >= 15 is 0 Å². The van der Waals surface area contributed by atoms with Crippen LogP contribution in [0.1, 0.15) is 10.4 Å². The molecule has 2 amide bonds. The molecule has 28 heavy (non-hydrogen) atoms. The highest BCUT2D eigenvalue weighted by Crippen LogP contribution is 2.18. The number of rotatable bonds is 7. The van der Waals surface area contributed by atoms with E-state index in [9.17, 15) is 14.4 Å². The molecule has 0 aliphatic carbocycles. The second-order valence-corrected chi connectivity index (χ2v) is 6.84. The molecule has 1 aromatic heterocycles. The summed E-state index contributed by atoms with van der Waals surface area (Å²) in [6, 6.07) is 13.4. The zero-order chi connectivity index (χ0) is 20.1. The number of primary amides is 1. The van der Waals surface area contributed by atoms with Gasteiger partial charge in [-0.3, -0.25) is 19.0 Å². The molecule has 3 aromatic rings. The molecule has 0 unspecified atom stereocenters. The molecule has 2 aromatic carbocycles. The maximum Gasteiger partial charge on any atom is 0.262 e. The van der Waals surface area contributed by atoms with Gasteiger partial charge in [0, 0.05) is 17.8 Å². The highest BCUT2D eigenvalue weighted by atomic mass is 32.2. The van der Waals surface area contributed by atoms with Gasteiger partial charge in [0.25, 0.3) is 5.56 Å². The summed E-state index contributed by atoms with van der Waals surface area (Å²) < 4.78 is 1.49. The number of thioether (sulfide) groups is 1. The van der Waals surface area contributed by atoms with Gasteiger partial charge in [0.2, 0.25) is 11.8 Å². The van der Waals surface area contributed by atoms with Gasteiger partial charge in [-0.25, -0.2) is 4.98 Å². The van der Waals surface area contributed by atoms with Crippen LogP contribution in [-0.4, -0.2) is 27.1 Å². The Morgan fingerprint density at radius 2 is 1.89 bits per heavy atom. The van der Waals surface area contributed by atoms with E-state index in [0.29, 0.717) is 33.9 Å². The van der Waals surface area contributed by atoms with Gasteiger partial charge < -0.3 is 11.1 Å². The minimum atomic E-state index is -0.531. The molecule has 0 aliphatic heterocycles. The summed E-state index contributed by atoms with van der Waals surface area (Å²) in [5.74, 6) is -0.722. The van der Waals surface area contributed by atoms with E-state index in [2.05, 4.69) is 16.9 Å². The van der Waals surface area contributed by atoms with Crippen molar-refractivity contribution in [1.29, 1.82) is 0 Å². The Bertz CT molecular complexity index is 1110. The molecule has 7 nitrogen and oxygen atoms in total. The number of nitrogens with zero attached hydrogens (tertiary/aromatic N) is 2. The van der Waals surface area contributed by atoms with Crippen molar-refractivity contribution in [3.05, 3.63) is 77.1 Å². The van der Waals surface area contributed by atoms with Crippen molar-refractivity contribution < 1.29 is 9.59 Å². The highest BCUT2D eigenvalue weighted by molar-refractivity contribution is 7.99. The molecule has 0 fully saturated rings. The van der Waals surface area contributed by atoms with Gasteiger partial charge in [-0.05, 0) is 36.4 Å². The molecule has 0 atom stereocenters. The molecule has 0 spiro atoms. The van der Waals surface area contributed by atoms with Gasteiger partial charge in [-0.1, -0.05) is 30.0 Å². The molecule has 142 valence electrons. The van der Waals surface area contributed by atoms with Crippen LogP contribution in [0.15, 0.2) is 71.1 Å². The third kappa shape index (κ3) is 4.29. The molecule has 8 heteroatoms. The molecule has 3 N–H and O–H groups in total. The molecule has 0 saturated heterocycles. The van der Waals surface area contributed by atoms with E-state index in [1.165, 1.54) is 28.5 Å². The number of nitrogens with two attached hydrogens (primary N) is 1. The largest absolute Gasteiger partial charge is 0.366 e. The van der Waals surface area contributed by atoms with Crippen LogP contribution in [0, 0.1) is 0 Å². The number of benzene rings is 2. The lowest BCUT2D eigenvalue weighted by Crippen LogP contribution is -2.23. The number of para-hydroxylation sites is 1. The Labute approximate surface area is 165 Å². The summed E-state index contributed by atoms with van der Waals surface area (Å²) in [4.78, 5) is 40.5. The van der Waals surface area contributed by atoms with Crippen LogP contribution in [0.2, 0.25) is 0 Å². The summed E-state index contributed by atoms with van der Waals surface area (Å²) >= 11 is 1.17. The quantitative estimate of drug-likeness (QED) is 0.364. The van der Waals surface area contributed by atoms with Crippen molar-refractivity contribution in [1.82, 2.24) is 9.55 Å². The Hall–Kier alpha value is -3.39. The standard InChI is InChI=1S/C20H18N4O3S/c1-2-11-24-19(27)15-5-3-4-6-16(15)23-20(24)28-12-17(25)22-14-9-7-13(8-10-14)18(21)26/h2-10H,1,11-12H2,(H2,21,26)(H,22,25). The first-order valence-corrected chi connectivity index (χ1v) is 9.41. The minimum absolute atomic E-state index is 0.0689. The first-order valence-electron chi connectivity index (χ1n) is 8.42. The van der Waals surface area contributed by atoms with Crippen LogP contribution >= 0.6 is 11.8 Å². The zero-order valence-electron chi connectivity index (χ0n) is 14.9. The number of carbonyl (C=O) groups excluding carboxylic acids is 2. The van der Waals surface area contributed by atoms with Gasteiger partial charge in [-0.2, -0.15) is 0 Å². The number of carbonyl (C=O) groups is 2. The number of hydrogen-bond donors (Lipinski definition) is 2. The summed E-state index contributed by atoms with van der Waals surface area (Å²) in [6.07, 6.45) is 1.61. The average molecular weight is 394 g/mol. The number of nitrogens with one attached hydrogen (secondary N) is 1. The summed E-state index contributed by atoms with van der Waals surface area (Å²) in [7, 11) is 0. The van der Waals surface area contributed by atoms with Gasteiger partial charge >= 0.3 is 0 Å². The second-order valence-electron chi connectivity index (χ2n) is 5.89. The van der Waals surface area contributed by atoms with Crippen LogP contribution in [0.3, 0.4) is 0 Å². The lowest BCUT2D eigenvalue weighted by molar-refractivity contribution is -0.113. The topological polar surface area (TPSA) is 107 Å². The number of fused-ring (bicyclic) bond motifs is 1. The van der Waals surface area contributed by atoms with Crippen LogP contribution in [0.4, 0.5) is 5.69 Å². The van der Waals surface area contributed by atoms with Crippen molar-refractivity contribution in [2.45, 2.75) is 11.7 Å².